The minimum atomic E-state index is -0.190. The van der Waals surface area contributed by atoms with Crippen molar-refractivity contribution in [3.05, 3.63) is 34.9 Å². The number of halogens is 1. The number of nitrogens with zero attached hydrogens (tertiary/aromatic N) is 1. The third kappa shape index (κ3) is 5.52. The van der Waals surface area contributed by atoms with Crippen LogP contribution in [-0.2, 0) is 16.0 Å². The van der Waals surface area contributed by atoms with E-state index < -0.39 is 0 Å². The van der Waals surface area contributed by atoms with Gasteiger partial charge in [-0.3, -0.25) is 4.79 Å². The van der Waals surface area contributed by atoms with Crippen LogP contribution >= 0.6 is 11.6 Å². The van der Waals surface area contributed by atoms with Crippen molar-refractivity contribution in [2.24, 2.45) is 0 Å². The Morgan fingerprint density at radius 2 is 1.83 bits per heavy atom. The van der Waals surface area contributed by atoms with Gasteiger partial charge in [0.2, 0.25) is 0 Å². The van der Waals surface area contributed by atoms with E-state index >= 15 is 0 Å². The van der Waals surface area contributed by atoms with Crippen LogP contribution in [0.1, 0.15) is 19.4 Å². The van der Waals surface area contributed by atoms with Gasteiger partial charge in [-0.1, -0.05) is 37.6 Å². The van der Waals surface area contributed by atoms with Crippen LogP contribution in [0.15, 0.2) is 24.3 Å². The van der Waals surface area contributed by atoms with E-state index in [1.165, 1.54) is 0 Å². The monoisotopic (exact) mass is 269 g/mol. The van der Waals surface area contributed by atoms with E-state index in [4.69, 9.17) is 16.3 Å². The summed E-state index contributed by atoms with van der Waals surface area (Å²) in [5.41, 5.74) is 0.923. The van der Waals surface area contributed by atoms with Gasteiger partial charge in [-0.05, 0) is 30.8 Å². The number of likely N-dealkylation sites (N-methyl/N-ethyl adjacent to an activating group) is 1. The number of hydrogen-bond donors (Lipinski definition) is 0. The summed E-state index contributed by atoms with van der Waals surface area (Å²) in [5.74, 6) is -0.190. The Morgan fingerprint density at radius 3 is 2.39 bits per heavy atom. The zero-order valence-electron chi connectivity index (χ0n) is 11.0. The quantitative estimate of drug-likeness (QED) is 0.713. The van der Waals surface area contributed by atoms with Crippen LogP contribution in [0.25, 0.3) is 0 Å². The number of carbonyl (C=O) groups excluding carboxylic acids is 1. The van der Waals surface area contributed by atoms with E-state index in [1.807, 2.05) is 12.1 Å². The molecule has 0 bridgehead atoms. The minimum Gasteiger partial charge on any atom is -0.464 e. The number of ether oxygens (including phenoxy) is 1. The van der Waals surface area contributed by atoms with E-state index in [0.717, 1.165) is 25.2 Å². The Hall–Kier alpha value is -1.06. The van der Waals surface area contributed by atoms with E-state index in [9.17, 15) is 4.79 Å². The van der Waals surface area contributed by atoms with Crippen molar-refractivity contribution < 1.29 is 9.53 Å². The highest BCUT2D eigenvalue weighted by Gasteiger charge is 2.06. The largest absolute Gasteiger partial charge is 0.464 e. The molecule has 0 heterocycles. The number of rotatable bonds is 7. The van der Waals surface area contributed by atoms with E-state index in [0.29, 0.717) is 18.1 Å². The first-order valence-corrected chi connectivity index (χ1v) is 6.66. The van der Waals surface area contributed by atoms with Gasteiger partial charge in [0.05, 0.1) is 6.42 Å². The molecule has 0 aromatic heterocycles. The second kappa shape index (κ2) is 8.11. The standard InChI is InChI=1S/C14H20ClNO2/c1-3-16(4-2)9-10-18-14(17)11-12-5-7-13(15)8-6-12/h5-8H,3-4,9-11H2,1-2H3. The summed E-state index contributed by atoms with van der Waals surface area (Å²) in [6.07, 6.45) is 0.301. The Bertz CT molecular complexity index is 361. The molecular weight excluding hydrogens is 250 g/mol. The van der Waals surface area contributed by atoms with Crippen molar-refractivity contribution in [1.29, 1.82) is 0 Å². The fourth-order valence-electron chi connectivity index (χ4n) is 1.65. The summed E-state index contributed by atoms with van der Waals surface area (Å²) in [4.78, 5) is 13.8. The van der Waals surface area contributed by atoms with Crippen molar-refractivity contribution in [2.45, 2.75) is 20.3 Å². The summed E-state index contributed by atoms with van der Waals surface area (Å²) >= 11 is 5.78. The maximum atomic E-state index is 11.6. The molecule has 0 amide bonds. The molecule has 1 aromatic carbocycles. The van der Waals surface area contributed by atoms with Gasteiger partial charge in [0.25, 0.3) is 0 Å². The van der Waals surface area contributed by atoms with Crippen LogP contribution < -0.4 is 0 Å². The summed E-state index contributed by atoms with van der Waals surface area (Å²) in [7, 11) is 0. The summed E-state index contributed by atoms with van der Waals surface area (Å²) < 4.78 is 5.20. The van der Waals surface area contributed by atoms with Crippen molar-refractivity contribution >= 4 is 17.6 Å². The van der Waals surface area contributed by atoms with Gasteiger partial charge in [0.1, 0.15) is 6.61 Å². The Labute approximate surface area is 114 Å². The first-order valence-electron chi connectivity index (χ1n) is 6.28. The fraction of sp³-hybridized carbons (Fsp3) is 0.500. The molecule has 0 aliphatic heterocycles. The van der Waals surface area contributed by atoms with Gasteiger partial charge < -0.3 is 9.64 Å². The molecule has 4 heteroatoms. The highest BCUT2D eigenvalue weighted by Crippen LogP contribution is 2.10. The third-order valence-electron chi connectivity index (χ3n) is 2.83. The van der Waals surface area contributed by atoms with Crippen molar-refractivity contribution in [3.8, 4) is 0 Å². The lowest BCUT2D eigenvalue weighted by Gasteiger charge is -2.17. The number of carbonyl (C=O) groups is 1. The molecule has 0 aliphatic carbocycles. The second-order valence-electron chi connectivity index (χ2n) is 4.05. The lowest BCUT2D eigenvalue weighted by molar-refractivity contribution is -0.143. The van der Waals surface area contributed by atoms with Gasteiger partial charge in [0.15, 0.2) is 0 Å². The number of benzene rings is 1. The van der Waals surface area contributed by atoms with E-state index in [-0.39, 0.29) is 5.97 Å². The number of hydrogen-bond acceptors (Lipinski definition) is 3. The zero-order valence-corrected chi connectivity index (χ0v) is 11.7. The average molecular weight is 270 g/mol. The van der Waals surface area contributed by atoms with Crippen LogP contribution in [0.3, 0.4) is 0 Å². The predicted molar refractivity (Wildman–Crippen MR) is 73.9 cm³/mol. The molecule has 0 unspecified atom stereocenters. The van der Waals surface area contributed by atoms with Crippen molar-refractivity contribution in [1.82, 2.24) is 4.90 Å². The lowest BCUT2D eigenvalue weighted by Crippen LogP contribution is -2.28. The summed E-state index contributed by atoms with van der Waals surface area (Å²) in [5, 5.41) is 0.675. The molecule has 0 atom stereocenters. The smallest absolute Gasteiger partial charge is 0.310 e. The Morgan fingerprint density at radius 1 is 1.22 bits per heavy atom. The van der Waals surface area contributed by atoms with Gasteiger partial charge in [-0.25, -0.2) is 0 Å². The predicted octanol–water partition coefficient (Wildman–Crippen LogP) is 2.77. The molecule has 0 saturated carbocycles. The maximum Gasteiger partial charge on any atom is 0.310 e. The van der Waals surface area contributed by atoms with Crippen LogP contribution in [0.4, 0.5) is 0 Å². The second-order valence-corrected chi connectivity index (χ2v) is 4.49. The molecule has 18 heavy (non-hydrogen) atoms. The van der Waals surface area contributed by atoms with Gasteiger partial charge in [-0.15, -0.1) is 0 Å². The topological polar surface area (TPSA) is 29.5 Å². The highest BCUT2D eigenvalue weighted by atomic mass is 35.5. The van der Waals surface area contributed by atoms with Gasteiger partial charge in [0, 0.05) is 11.6 Å². The van der Waals surface area contributed by atoms with Crippen LogP contribution in [0.2, 0.25) is 5.02 Å². The van der Waals surface area contributed by atoms with E-state index in [1.54, 1.807) is 12.1 Å². The Balaban J connectivity index is 2.27. The van der Waals surface area contributed by atoms with Crippen LogP contribution in [-0.4, -0.2) is 37.1 Å². The first kappa shape index (κ1) is 15.0. The SMILES string of the molecule is CCN(CC)CCOC(=O)Cc1ccc(Cl)cc1. The van der Waals surface area contributed by atoms with Crippen LogP contribution in [0, 0.1) is 0 Å². The summed E-state index contributed by atoms with van der Waals surface area (Å²) in [6.45, 7) is 7.39. The molecule has 0 saturated heterocycles. The van der Waals surface area contributed by atoms with Crippen molar-refractivity contribution in [2.75, 3.05) is 26.2 Å². The minimum absolute atomic E-state index is 0.190. The Kier molecular flexibility index (Phi) is 6.76. The molecule has 100 valence electrons. The molecule has 0 aliphatic rings. The highest BCUT2D eigenvalue weighted by molar-refractivity contribution is 6.30. The third-order valence-corrected chi connectivity index (χ3v) is 3.08. The molecule has 1 rings (SSSR count). The average Bonchev–Trinajstić information content (AvgIpc) is 2.37. The van der Waals surface area contributed by atoms with Crippen molar-refractivity contribution in [3.63, 3.8) is 0 Å². The molecular formula is C14H20ClNO2. The molecule has 1 aromatic rings. The van der Waals surface area contributed by atoms with Gasteiger partial charge in [-0.2, -0.15) is 0 Å². The molecule has 0 radical (unpaired) electrons. The molecule has 0 fully saturated rings. The lowest BCUT2D eigenvalue weighted by atomic mass is 10.1. The van der Waals surface area contributed by atoms with Gasteiger partial charge >= 0.3 is 5.97 Å². The fourth-order valence-corrected chi connectivity index (χ4v) is 1.77. The first-order chi connectivity index (χ1) is 8.65. The molecule has 3 nitrogen and oxygen atoms in total. The maximum absolute atomic E-state index is 11.6. The zero-order chi connectivity index (χ0) is 13.4. The molecule has 0 N–H and O–H groups in total. The molecule has 0 spiro atoms. The van der Waals surface area contributed by atoms with E-state index in [2.05, 4.69) is 18.7 Å². The number of esters is 1. The normalized spacial score (nSPS) is 10.7. The summed E-state index contributed by atoms with van der Waals surface area (Å²) in [6, 6.07) is 7.24. The van der Waals surface area contributed by atoms with Crippen LogP contribution in [0.5, 0.6) is 0 Å².